The van der Waals surface area contributed by atoms with Crippen LogP contribution in [0.2, 0.25) is 0 Å². The molecule has 0 spiro atoms. The summed E-state index contributed by atoms with van der Waals surface area (Å²) in [6.45, 7) is 1.53. The molecule has 1 saturated carbocycles. The minimum absolute atomic E-state index is 0.0167. The quantitative estimate of drug-likeness (QED) is 0.855. The standard InChI is InChI=1S/C13H14N4OS/c18-11-8-5-14-4-1-9(8)16-12(17-11)13(2-3-13)10-6-15-7-19-10/h6-7,14H,1-5H2,(H,16,17,18). The second kappa shape index (κ2) is 3.98. The van der Waals surface area contributed by atoms with Gasteiger partial charge in [-0.1, -0.05) is 0 Å². The molecule has 0 radical (unpaired) electrons. The lowest BCUT2D eigenvalue weighted by atomic mass is 10.0. The first-order valence-corrected chi connectivity index (χ1v) is 7.40. The fourth-order valence-electron chi connectivity index (χ4n) is 2.76. The van der Waals surface area contributed by atoms with Gasteiger partial charge in [-0.05, 0) is 12.8 Å². The molecular weight excluding hydrogens is 260 g/mol. The second-order valence-electron chi connectivity index (χ2n) is 5.21. The van der Waals surface area contributed by atoms with Crippen molar-refractivity contribution in [1.82, 2.24) is 20.3 Å². The minimum Gasteiger partial charge on any atom is -0.312 e. The van der Waals surface area contributed by atoms with Gasteiger partial charge in [-0.3, -0.25) is 9.78 Å². The van der Waals surface area contributed by atoms with Crippen LogP contribution in [-0.4, -0.2) is 21.5 Å². The van der Waals surface area contributed by atoms with Crippen LogP contribution in [-0.2, 0) is 18.4 Å². The van der Waals surface area contributed by atoms with Crippen LogP contribution in [0.5, 0.6) is 0 Å². The Bertz CT molecular complexity index is 672. The van der Waals surface area contributed by atoms with Crippen molar-refractivity contribution in [1.29, 1.82) is 0 Å². The fraction of sp³-hybridized carbons (Fsp3) is 0.462. The smallest absolute Gasteiger partial charge is 0.255 e. The van der Waals surface area contributed by atoms with Gasteiger partial charge in [-0.2, -0.15) is 0 Å². The molecule has 1 fully saturated rings. The van der Waals surface area contributed by atoms with Crippen LogP contribution < -0.4 is 10.9 Å². The summed E-state index contributed by atoms with van der Waals surface area (Å²) in [6.07, 6.45) is 4.84. The minimum atomic E-state index is -0.0692. The van der Waals surface area contributed by atoms with E-state index in [1.807, 2.05) is 11.7 Å². The number of hydrogen-bond acceptors (Lipinski definition) is 5. The summed E-state index contributed by atoms with van der Waals surface area (Å²) < 4.78 is 0. The number of thiazole rings is 1. The molecule has 0 aromatic carbocycles. The summed E-state index contributed by atoms with van der Waals surface area (Å²) >= 11 is 1.64. The molecule has 0 bridgehead atoms. The van der Waals surface area contributed by atoms with E-state index in [2.05, 4.69) is 15.3 Å². The van der Waals surface area contributed by atoms with Crippen molar-refractivity contribution in [2.75, 3.05) is 6.54 Å². The molecule has 0 saturated heterocycles. The molecule has 2 aromatic rings. The van der Waals surface area contributed by atoms with Gasteiger partial charge >= 0.3 is 0 Å². The maximum atomic E-state index is 12.2. The molecule has 6 heteroatoms. The fourth-order valence-corrected chi connectivity index (χ4v) is 3.64. The summed E-state index contributed by atoms with van der Waals surface area (Å²) in [4.78, 5) is 25.3. The van der Waals surface area contributed by atoms with Gasteiger partial charge in [-0.25, -0.2) is 4.98 Å². The molecule has 2 aliphatic rings. The van der Waals surface area contributed by atoms with Crippen molar-refractivity contribution in [3.63, 3.8) is 0 Å². The zero-order chi connectivity index (χ0) is 12.9. The molecule has 98 valence electrons. The zero-order valence-corrected chi connectivity index (χ0v) is 11.2. The number of aromatic nitrogens is 3. The van der Waals surface area contributed by atoms with Crippen LogP contribution in [0.25, 0.3) is 0 Å². The normalized spacial score (nSPS) is 20.0. The first kappa shape index (κ1) is 11.3. The molecule has 0 atom stereocenters. The van der Waals surface area contributed by atoms with E-state index in [1.165, 1.54) is 4.88 Å². The Morgan fingerprint density at radius 1 is 1.37 bits per heavy atom. The van der Waals surface area contributed by atoms with Gasteiger partial charge in [0.05, 0.1) is 22.2 Å². The lowest BCUT2D eigenvalue weighted by Gasteiger charge is -2.19. The van der Waals surface area contributed by atoms with Crippen LogP contribution in [0, 0.1) is 0 Å². The van der Waals surface area contributed by atoms with Crippen LogP contribution in [0.1, 0.15) is 34.8 Å². The molecule has 3 heterocycles. The third-order valence-electron chi connectivity index (χ3n) is 4.05. The largest absolute Gasteiger partial charge is 0.312 e. The summed E-state index contributed by atoms with van der Waals surface area (Å²) in [7, 11) is 0. The van der Waals surface area contributed by atoms with Crippen molar-refractivity contribution >= 4 is 11.3 Å². The van der Waals surface area contributed by atoms with Crippen LogP contribution in [0.4, 0.5) is 0 Å². The van der Waals surface area contributed by atoms with E-state index in [1.54, 1.807) is 11.3 Å². The average molecular weight is 274 g/mol. The Morgan fingerprint density at radius 3 is 3.00 bits per heavy atom. The number of nitrogens with zero attached hydrogens (tertiary/aromatic N) is 2. The summed E-state index contributed by atoms with van der Waals surface area (Å²) in [6, 6.07) is 0. The van der Waals surface area contributed by atoms with E-state index in [0.717, 1.165) is 42.9 Å². The Labute approximate surface area is 114 Å². The third-order valence-corrected chi connectivity index (χ3v) is 5.03. The van der Waals surface area contributed by atoms with Crippen molar-refractivity contribution in [3.8, 4) is 0 Å². The number of nitrogens with one attached hydrogen (secondary N) is 2. The Morgan fingerprint density at radius 2 is 2.26 bits per heavy atom. The molecule has 0 unspecified atom stereocenters. The van der Waals surface area contributed by atoms with Gasteiger partial charge in [0, 0.05) is 30.6 Å². The molecule has 1 aliphatic carbocycles. The predicted molar refractivity (Wildman–Crippen MR) is 72.4 cm³/mol. The number of rotatable bonds is 2. The van der Waals surface area contributed by atoms with E-state index in [0.29, 0.717) is 6.54 Å². The lowest BCUT2D eigenvalue weighted by molar-refractivity contribution is 0.605. The van der Waals surface area contributed by atoms with Gasteiger partial charge in [0.2, 0.25) is 0 Å². The number of H-pyrrole nitrogens is 1. The monoisotopic (exact) mass is 274 g/mol. The summed E-state index contributed by atoms with van der Waals surface area (Å²) in [5.74, 6) is 0.836. The molecule has 2 aromatic heterocycles. The topological polar surface area (TPSA) is 70.7 Å². The highest BCUT2D eigenvalue weighted by Gasteiger charge is 2.49. The molecule has 4 rings (SSSR count). The third kappa shape index (κ3) is 1.67. The number of aromatic amines is 1. The van der Waals surface area contributed by atoms with Gasteiger partial charge in [0.15, 0.2) is 0 Å². The van der Waals surface area contributed by atoms with Gasteiger partial charge in [-0.15, -0.1) is 11.3 Å². The first-order chi connectivity index (χ1) is 9.29. The number of fused-ring (bicyclic) bond motifs is 1. The van der Waals surface area contributed by atoms with Gasteiger partial charge in [0.1, 0.15) is 5.82 Å². The lowest BCUT2D eigenvalue weighted by Crippen LogP contribution is -2.33. The molecule has 5 nitrogen and oxygen atoms in total. The highest BCUT2D eigenvalue weighted by molar-refractivity contribution is 7.09. The van der Waals surface area contributed by atoms with E-state index in [4.69, 9.17) is 4.98 Å². The van der Waals surface area contributed by atoms with Crippen molar-refractivity contribution in [3.05, 3.63) is 44.0 Å². The van der Waals surface area contributed by atoms with E-state index in [9.17, 15) is 4.79 Å². The Hall–Kier alpha value is -1.53. The Kier molecular flexibility index (Phi) is 2.37. The van der Waals surface area contributed by atoms with Gasteiger partial charge < -0.3 is 10.3 Å². The second-order valence-corrected chi connectivity index (χ2v) is 6.10. The molecule has 19 heavy (non-hydrogen) atoms. The molecule has 0 amide bonds. The summed E-state index contributed by atoms with van der Waals surface area (Å²) in [5.41, 5.74) is 3.56. The van der Waals surface area contributed by atoms with Gasteiger partial charge in [0.25, 0.3) is 5.56 Å². The van der Waals surface area contributed by atoms with Crippen LogP contribution in [0.3, 0.4) is 0 Å². The molecule has 1 aliphatic heterocycles. The maximum Gasteiger partial charge on any atom is 0.255 e. The van der Waals surface area contributed by atoms with E-state index < -0.39 is 0 Å². The molecular formula is C13H14N4OS. The van der Waals surface area contributed by atoms with Crippen molar-refractivity contribution in [2.24, 2.45) is 0 Å². The molecule has 2 N–H and O–H groups in total. The van der Waals surface area contributed by atoms with Crippen LogP contribution >= 0.6 is 11.3 Å². The highest BCUT2D eigenvalue weighted by atomic mass is 32.1. The predicted octanol–water partition coefficient (Wildman–Crippen LogP) is 0.952. The first-order valence-electron chi connectivity index (χ1n) is 6.52. The highest BCUT2D eigenvalue weighted by Crippen LogP contribution is 2.53. The maximum absolute atomic E-state index is 12.2. The van der Waals surface area contributed by atoms with E-state index >= 15 is 0 Å². The van der Waals surface area contributed by atoms with Crippen molar-refractivity contribution in [2.45, 2.75) is 31.2 Å². The average Bonchev–Trinajstić information content (AvgIpc) is 3.06. The summed E-state index contributed by atoms with van der Waals surface area (Å²) in [5, 5.41) is 3.22. The Balaban J connectivity index is 1.85. The zero-order valence-electron chi connectivity index (χ0n) is 10.4. The van der Waals surface area contributed by atoms with Crippen molar-refractivity contribution < 1.29 is 0 Å². The van der Waals surface area contributed by atoms with Crippen LogP contribution in [0.15, 0.2) is 16.5 Å². The number of hydrogen-bond donors (Lipinski definition) is 2. The van der Waals surface area contributed by atoms with E-state index in [-0.39, 0.29) is 11.0 Å². The SMILES string of the molecule is O=c1[nH]c(C2(c3cncs3)CC2)nc2c1CNCC2.